The lowest BCUT2D eigenvalue weighted by Crippen LogP contribution is -2.49. The van der Waals surface area contributed by atoms with Gasteiger partial charge in [-0.2, -0.15) is 0 Å². The largest absolute Gasteiger partial charge is 0.326 e. The molecule has 0 saturated carbocycles. The van der Waals surface area contributed by atoms with E-state index in [-0.39, 0.29) is 23.3 Å². The van der Waals surface area contributed by atoms with Gasteiger partial charge in [-0.25, -0.2) is 5.01 Å². The van der Waals surface area contributed by atoms with Gasteiger partial charge in [0.2, 0.25) is 5.91 Å². The van der Waals surface area contributed by atoms with Crippen LogP contribution in [0.25, 0.3) is 0 Å². The van der Waals surface area contributed by atoms with Gasteiger partial charge in [-0.3, -0.25) is 24.7 Å². The molecule has 10 heteroatoms. The Hall–Kier alpha value is -2.49. The SMILES string of the molecule is CCN1C(=O)C(CC(=O)Nc2ccc(Cl)cc2)N(NC(=O)c2ccc(Br)cc2)C1=S. The number of hydrazine groups is 1. The van der Waals surface area contributed by atoms with Crippen molar-refractivity contribution in [2.45, 2.75) is 19.4 Å². The van der Waals surface area contributed by atoms with Crippen LogP contribution < -0.4 is 10.7 Å². The smallest absolute Gasteiger partial charge is 0.269 e. The molecule has 0 aromatic heterocycles. The second kappa shape index (κ2) is 9.55. The molecule has 3 amide bonds. The molecule has 7 nitrogen and oxygen atoms in total. The second-order valence-corrected chi connectivity index (χ2v) is 8.18. The lowest BCUT2D eigenvalue weighted by molar-refractivity contribution is -0.130. The zero-order valence-corrected chi connectivity index (χ0v) is 19.1. The predicted octanol–water partition coefficient (Wildman–Crippen LogP) is 3.59. The minimum atomic E-state index is -0.941. The molecule has 2 aromatic rings. The summed E-state index contributed by atoms with van der Waals surface area (Å²) >= 11 is 14.5. The lowest BCUT2D eigenvalue weighted by Gasteiger charge is -2.24. The van der Waals surface area contributed by atoms with Gasteiger partial charge in [-0.05, 0) is 67.7 Å². The normalized spacial score (nSPS) is 16.0. The highest BCUT2D eigenvalue weighted by Crippen LogP contribution is 2.21. The predicted molar refractivity (Wildman–Crippen MR) is 122 cm³/mol. The van der Waals surface area contributed by atoms with E-state index in [1.807, 2.05) is 0 Å². The summed E-state index contributed by atoms with van der Waals surface area (Å²) in [7, 11) is 0. The summed E-state index contributed by atoms with van der Waals surface area (Å²) in [6.07, 6.45) is -0.182. The number of rotatable bonds is 6. The van der Waals surface area contributed by atoms with Crippen LogP contribution in [-0.4, -0.2) is 45.3 Å². The topological polar surface area (TPSA) is 81.8 Å². The van der Waals surface area contributed by atoms with Crippen LogP contribution in [0, 0.1) is 0 Å². The zero-order valence-electron chi connectivity index (χ0n) is 15.9. The van der Waals surface area contributed by atoms with Crippen molar-refractivity contribution < 1.29 is 14.4 Å². The van der Waals surface area contributed by atoms with Gasteiger partial charge in [0.1, 0.15) is 6.04 Å². The van der Waals surface area contributed by atoms with Crippen molar-refractivity contribution in [1.82, 2.24) is 15.3 Å². The van der Waals surface area contributed by atoms with E-state index in [0.29, 0.717) is 22.8 Å². The van der Waals surface area contributed by atoms with Gasteiger partial charge in [0.15, 0.2) is 5.11 Å². The number of carbonyl (C=O) groups is 3. The van der Waals surface area contributed by atoms with Crippen molar-refractivity contribution in [3.8, 4) is 0 Å². The number of halogens is 2. The van der Waals surface area contributed by atoms with E-state index >= 15 is 0 Å². The number of nitrogens with zero attached hydrogens (tertiary/aromatic N) is 2. The lowest BCUT2D eigenvalue weighted by atomic mass is 10.2. The van der Waals surface area contributed by atoms with Crippen LogP contribution in [-0.2, 0) is 9.59 Å². The number of carbonyl (C=O) groups excluding carboxylic acids is 3. The van der Waals surface area contributed by atoms with E-state index in [9.17, 15) is 14.4 Å². The number of likely N-dealkylation sites (N-methyl/N-ethyl adjacent to an activating group) is 1. The molecule has 1 heterocycles. The van der Waals surface area contributed by atoms with Gasteiger partial charge in [0.25, 0.3) is 11.8 Å². The third-order valence-corrected chi connectivity index (χ3v) is 5.65. The average Bonchev–Trinajstić information content (AvgIpc) is 2.93. The fourth-order valence-electron chi connectivity index (χ4n) is 2.94. The summed E-state index contributed by atoms with van der Waals surface area (Å²) in [6.45, 7) is 2.10. The maximum atomic E-state index is 12.8. The van der Waals surface area contributed by atoms with Crippen LogP contribution in [0.3, 0.4) is 0 Å². The summed E-state index contributed by atoms with van der Waals surface area (Å²) in [5.74, 6) is -1.16. The molecule has 0 aliphatic carbocycles. The zero-order chi connectivity index (χ0) is 21.8. The molecule has 30 heavy (non-hydrogen) atoms. The summed E-state index contributed by atoms with van der Waals surface area (Å²) in [6, 6.07) is 12.4. The number of hydrogen-bond donors (Lipinski definition) is 2. The molecule has 1 atom stereocenters. The highest BCUT2D eigenvalue weighted by Gasteiger charge is 2.43. The highest BCUT2D eigenvalue weighted by atomic mass is 79.9. The van der Waals surface area contributed by atoms with Crippen molar-refractivity contribution >= 4 is 68.3 Å². The van der Waals surface area contributed by atoms with Crippen LogP contribution in [0.4, 0.5) is 5.69 Å². The molecule has 156 valence electrons. The number of nitrogens with one attached hydrogen (secondary N) is 2. The van der Waals surface area contributed by atoms with Crippen LogP contribution in [0.5, 0.6) is 0 Å². The Bertz CT molecular complexity index is 985. The molecule has 0 radical (unpaired) electrons. The summed E-state index contributed by atoms with van der Waals surface area (Å²) in [5.41, 5.74) is 3.61. The first-order valence-electron chi connectivity index (χ1n) is 9.06. The van der Waals surface area contributed by atoms with E-state index in [1.54, 1.807) is 55.5 Å². The maximum absolute atomic E-state index is 12.8. The van der Waals surface area contributed by atoms with Crippen LogP contribution in [0.2, 0.25) is 5.02 Å². The van der Waals surface area contributed by atoms with E-state index in [4.69, 9.17) is 23.8 Å². The molecule has 1 saturated heterocycles. The fraction of sp³-hybridized carbons (Fsp3) is 0.200. The third-order valence-electron chi connectivity index (χ3n) is 4.45. The van der Waals surface area contributed by atoms with Gasteiger partial charge in [-0.1, -0.05) is 27.5 Å². The molecule has 0 spiro atoms. The Balaban J connectivity index is 1.75. The first-order chi connectivity index (χ1) is 14.3. The quantitative estimate of drug-likeness (QED) is 0.582. The Labute approximate surface area is 192 Å². The minimum absolute atomic E-state index is 0.150. The van der Waals surface area contributed by atoms with E-state index in [2.05, 4.69) is 26.7 Å². The van der Waals surface area contributed by atoms with Gasteiger partial charge in [0.05, 0.1) is 6.42 Å². The second-order valence-electron chi connectivity index (χ2n) is 6.46. The Morgan fingerprint density at radius 1 is 1.13 bits per heavy atom. The van der Waals surface area contributed by atoms with Crippen molar-refractivity contribution in [3.05, 3.63) is 63.6 Å². The van der Waals surface area contributed by atoms with Gasteiger partial charge < -0.3 is 5.32 Å². The molecular formula is C20H18BrClN4O3S. The van der Waals surface area contributed by atoms with E-state index < -0.39 is 11.9 Å². The van der Waals surface area contributed by atoms with Crippen molar-refractivity contribution in [2.75, 3.05) is 11.9 Å². The molecule has 2 aromatic carbocycles. The Kier molecular flexibility index (Phi) is 7.06. The summed E-state index contributed by atoms with van der Waals surface area (Å²) in [4.78, 5) is 39.3. The van der Waals surface area contributed by atoms with Crippen molar-refractivity contribution in [2.24, 2.45) is 0 Å². The maximum Gasteiger partial charge on any atom is 0.269 e. The molecule has 1 aliphatic rings. The van der Waals surface area contributed by atoms with Crippen molar-refractivity contribution in [3.63, 3.8) is 0 Å². The number of amides is 3. The molecular weight excluding hydrogens is 492 g/mol. The number of thiocarbonyl (C=S) groups is 1. The van der Waals surface area contributed by atoms with Crippen molar-refractivity contribution in [1.29, 1.82) is 0 Å². The standard InChI is InChI=1S/C20H18BrClN4O3S/c1-2-25-19(29)16(11-17(27)23-15-9-7-14(22)8-10-15)26(20(25)30)24-18(28)12-3-5-13(21)6-4-12/h3-10,16H,2,11H2,1H3,(H,23,27)(H,24,28). The number of hydrogen-bond acceptors (Lipinski definition) is 4. The van der Waals surface area contributed by atoms with Gasteiger partial charge >= 0.3 is 0 Å². The monoisotopic (exact) mass is 508 g/mol. The van der Waals surface area contributed by atoms with Crippen LogP contribution in [0.1, 0.15) is 23.7 Å². The molecule has 1 aliphatic heterocycles. The molecule has 2 N–H and O–H groups in total. The van der Waals surface area contributed by atoms with Crippen LogP contribution >= 0.6 is 39.7 Å². The van der Waals surface area contributed by atoms with E-state index in [1.165, 1.54) is 9.91 Å². The average molecular weight is 510 g/mol. The third kappa shape index (κ3) is 4.97. The summed E-state index contributed by atoms with van der Waals surface area (Å²) in [5, 5.41) is 4.70. The number of benzene rings is 2. The molecule has 1 unspecified atom stereocenters. The first-order valence-corrected chi connectivity index (χ1v) is 10.6. The van der Waals surface area contributed by atoms with E-state index in [0.717, 1.165) is 4.47 Å². The minimum Gasteiger partial charge on any atom is -0.326 e. The highest BCUT2D eigenvalue weighted by molar-refractivity contribution is 9.10. The fourth-order valence-corrected chi connectivity index (χ4v) is 3.72. The van der Waals surface area contributed by atoms with Crippen LogP contribution in [0.15, 0.2) is 53.0 Å². The van der Waals surface area contributed by atoms with Gasteiger partial charge in [0, 0.05) is 27.3 Å². The van der Waals surface area contributed by atoms with Gasteiger partial charge in [-0.15, -0.1) is 0 Å². The summed E-state index contributed by atoms with van der Waals surface area (Å²) < 4.78 is 0.833. The molecule has 3 rings (SSSR count). The first kappa shape index (κ1) is 22.2. The Morgan fingerprint density at radius 2 is 1.77 bits per heavy atom. The molecule has 0 bridgehead atoms. The Morgan fingerprint density at radius 3 is 2.37 bits per heavy atom. The number of anilines is 1. The molecule has 1 fully saturated rings.